The summed E-state index contributed by atoms with van der Waals surface area (Å²) in [4.78, 5) is 33.9. The largest absolute Gasteiger partial charge is 0.366 e. The summed E-state index contributed by atoms with van der Waals surface area (Å²) in [7, 11) is 0. The van der Waals surface area contributed by atoms with E-state index in [4.69, 9.17) is 0 Å². The Morgan fingerprint density at radius 1 is 1.21 bits per heavy atom. The molecule has 10 heteroatoms. The van der Waals surface area contributed by atoms with E-state index < -0.39 is 10.8 Å². The molecule has 3 heterocycles. The zero-order chi connectivity index (χ0) is 19.5. The molecule has 0 atom stereocenters. The monoisotopic (exact) mass is 379 g/mol. The Bertz CT molecular complexity index is 1010. The molecule has 0 aliphatic carbocycles. The van der Waals surface area contributed by atoms with Crippen molar-refractivity contribution in [3.8, 4) is 5.82 Å². The summed E-state index contributed by atoms with van der Waals surface area (Å²) in [6, 6.07) is 7.90. The summed E-state index contributed by atoms with van der Waals surface area (Å²) in [6.45, 7) is 1.56. The summed E-state index contributed by atoms with van der Waals surface area (Å²) < 4.78 is 1.43. The Hall–Kier alpha value is -3.82. The van der Waals surface area contributed by atoms with E-state index in [-0.39, 0.29) is 11.3 Å². The molecule has 2 aromatic heterocycles. The number of pyridine rings is 1. The fraction of sp³-hybridized carbons (Fsp3) is 0.222. The van der Waals surface area contributed by atoms with Crippen molar-refractivity contribution in [1.82, 2.24) is 19.7 Å². The number of aromatic nitrogens is 4. The maximum Gasteiger partial charge on any atom is 0.293 e. The molecule has 0 unspecified atom stereocenters. The molecule has 28 heavy (non-hydrogen) atoms. The van der Waals surface area contributed by atoms with Gasteiger partial charge in [0.05, 0.1) is 10.6 Å². The van der Waals surface area contributed by atoms with Crippen LogP contribution in [0.1, 0.15) is 23.2 Å². The normalized spacial score (nSPS) is 13.5. The zero-order valence-electron chi connectivity index (χ0n) is 14.9. The van der Waals surface area contributed by atoms with Gasteiger partial charge in [0.15, 0.2) is 5.82 Å². The van der Waals surface area contributed by atoms with Crippen LogP contribution < -0.4 is 10.2 Å². The molecule has 1 aliphatic heterocycles. The second-order valence-corrected chi connectivity index (χ2v) is 6.32. The molecular formula is C18H17N7O3. The van der Waals surface area contributed by atoms with E-state index in [0.29, 0.717) is 17.2 Å². The molecule has 1 amide bonds. The van der Waals surface area contributed by atoms with Gasteiger partial charge in [-0.2, -0.15) is 5.10 Å². The molecule has 0 radical (unpaired) electrons. The first-order chi connectivity index (χ1) is 13.6. The second-order valence-electron chi connectivity index (χ2n) is 6.32. The van der Waals surface area contributed by atoms with Crippen LogP contribution in [-0.4, -0.2) is 43.7 Å². The minimum absolute atomic E-state index is 0.0720. The molecule has 1 aliphatic rings. The predicted molar refractivity (Wildman–Crippen MR) is 102 cm³/mol. The number of rotatable bonds is 5. The standard InChI is InChI=1S/C18H17N7O3/c26-18(22-14-4-3-7-20-17(14)24-12-19-11-21-24)13-5-6-15(16(10-13)25(27)28)23-8-1-2-9-23/h3-7,10-12H,1-2,8-9H2,(H,22,26). The highest BCUT2D eigenvalue weighted by atomic mass is 16.6. The average molecular weight is 379 g/mol. The highest BCUT2D eigenvalue weighted by molar-refractivity contribution is 6.05. The van der Waals surface area contributed by atoms with Gasteiger partial charge < -0.3 is 10.2 Å². The average Bonchev–Trinajstić information content (AvgIpc) is 3.42. The lowest BCUT2D eigenvalue weighted by Crippen LogP contribution is -2.20. The van der Waals surface area contributed by atoms with E-state index in [1.807, 2.05) is 4.90 Å². The number of nitrogens with one attached hydrogen (secondary N) is 1. The quantitative estimate of drug-likeness (QED) is 0.534. The van der Waals surface area contributed by atoms with Crippen LogP contribution >= 0.6 is 0 Å². The Kier molecular flexibility index (Phi) is 4.67. The van der Waals surface area contributed by atoms with Crippen molar-refractivity contribution < 1.29 is 9.72 Å². The molecule has 10 nitrogen and oxygen atoms in total. The molecule has 1 aromatic carbocycles. The van der Waals surface area contributed by atoms with Gasteiger partial charge in [0, 0.05) is 30.9 Å². The van der Waals surface area contributed by atoms with Crippen LogP contribution in [0.25, 0.3) is 5.82 Å². The number of carbonyl (C=O) groups is 1. The van der Waals surface area contributed by atoms with Gasteiger partial charge in [0.25, 0.3) is 11.6 Å². The molecule has 0 bridgehead atoms. The molecule has 1 N–H and O–H groups in total. The number of benzene rings is 1. The van der Waals surface area contributed by atoms with Gasteiger partial charge in [0.2, 0.25) is 0 Å². The van der Waals surface area contributed by atoms with Crippen LogP contribution in [0, 0.1) is 10.1 Å². The summed E-state index contributed by atoms with van der Waals surface area (Å²) >= 11 is 0. The van der Waals surface area contributed by atoms with Gasteiger partial charge in [-0.15, -0.1) is 0 Å². The van der Waals surface area contributed by atoms with Gasteiger partial charge in [-0.1, -0.05) is 0 Å². The summed E-state index contributed by atoms with van der Waals surface area (Å²) in [5.74, 6) is -0.0676. The number of nitro benzene ring substituents is 1. The third-order valence-electron chi connectivity index (χ3n) is 4.55. The van der Waals surface area contributed by atoms with Gasteiger partial charge in [-0.3, -0.25) is 14.9 Å². The van der Waals surface area contributed by atoms with Crippen LogP contribution in [-0.2, 0) is 0 Å². The minimum Gasteiger partial charge on any atom is -0.366 e. The first kappa shape index (κ1) is 17.6. The Morgan fingerprint density at radius 2 is 2.04 bits per heavy atom. The summed E-state index contributed by atoms with van der Waals surface area (Å²) in [5, 5.41) is 18.3. The van der Waals surface area contributed by atoms with Crippen molar-refractivity contribution >= 4 is 23.0 Å². The van der Waals surface area contributed by atoms with Crippen molar-refractivity contribution in [2.24, 2.45) is 0 Å². The molecule has 1 fully saturated rings. The topological polar surface area (TPSA) is 119 Å². The molecule has 3 aromatic rings. The smallest absolute Gasteiger partial charge is 0.293 e. The summed E-state index contributed by atoms with van der Waals surface area (Å²) in [6.07, 6.45) is 6.41. The molecule has 142 valence electrons. The lowest BCUT2D eigenvalue weighted by atomic mass is 10.1. The number of carbonyl (C=O) groups excluding carboxylic acids is 1. The number of nitrogens with zero attached hydrogens (tertiary/aromatic N) is 6. The van der Waals surface area contributed by atoms with E-state index in [0.717, 1.165) is 25.9 Å². The third kappa shape index (κ3) is 3.39. The SMILES string of the molecule is O=C(Nc1cccnc1-n1cncn1)c1ccc(N2CCCC2)c([N+](=O)[O-])c1. The number of hydrogen-bond acceptors (Lipinski definition) is 7. The number of anilines is 2. The van der Waals surface area contributed by atoms with E-state index >= 15 is 0 Å². The fourth-order valence-electron chi connectivity index (χ4n) is 3.23. The Morgan fingerprint density at radius 3 is 2.75 bits per heavy atom. The van der Waals surface area contributed by atoms with Gasteiger partial charge in [-0.05, 0) is 37.1 Å². The van der Waals surface area contributed by atoms with Crippen LogP contribution in [0.2, 0.25) is 0 Å². The van der Waals surface area contributed by atoms with Crippen LogP contribution in [0.4, 0.5) is 17.1 Å². The fourth-order valence-corrected chi connectivity index (χ4v) is 3.23. The van der Waals surface area contributed by atoms with Crippen LogP contribution in [0.5, 0.6) is 0 Å². The van der Waals surface area contributed by atoms with Crippen molar-refractivity contribution in [2.75, 3.05) is 23.3 Å². The molecule has 4 rings (SSSR count). The highest BCUT2D eigenvalue weighted by Crippen LogP contribution is 2.32. The summed E-state index contributed by atoms with van der Waals surface area (Å²) in [5.41, 5.74) is 1.09. The maximum atomic E-state index is 12.7. The molecular weight excluding hydrogens is 362 g/mol. The van der Waals surface area contributed by atoms with Gasteiger partial charge in [0.1, 0.15) is 18.3 Å². The van der Waals surface area contributed by atoms with Gasteiger partial charge >= 0.3 is 0 Å². The van der Waals surface area contributed by atoms with E-state index in [1.54, 1.807) is 30.5 Å². The Balaban J connectivity index is 1.63. The first-order valence-electron chi connectivity index (χ1n) is 8.78. The van der Waals surface area contributed by atoms with Gasteiger partial charge in [-0.25, -0.2) is 14.6 Å². The predicted octanol–water partition coefficient (Wildman–Crippen LogP) is 2.42. The van der Waals surface area contributed by atoms with Crippen molar-refractivity contribution in [1.29, 1.82) is 0 Å². The van der Waals surface area contributed by atoms with E-state index in [2.05, 4.69) is 20.4 Å². The second kappa shape index (κ2) is 7.43. The number of hydrogen-bond donors (Lipinski definition) is 1. The Labute approximate surface area is 160 Å². The first-order valence-corrected chi connectivity index (χ1v) is 8.78. The molecule has 0 saturated carbocycles. The van der Waals surface area contributed by atoms with Crippen molar-refractivity contribution in [3.63, 3.8) is 0 Å². The zero-order valence-corrected chi connectivity index (χ0v) is 14.9. The molecule has 1 saturated heterocycles. The van der Waals surface area contributed by atoms with E-state index in [1.165, 1.54) is 23.4 Å². The number of amides is 1. The molecule has 0 spiro atoms. The van der Waals surface area contributed by atoms with E-state index in [9.17, 15) is 14.9 Å². The van der Waals surface area contributed by atoms with Crippen molar-refractivity contribution in [2.45, 2.75) is 12.8 Å². The highest BCUT2D eigenvalue weighted by Gasteiger charge is 2.24. The lowest BCUT2D eigenvalue weighted by molar-refractivity contribution is -0.384. The number of nitro groups is 1. The van der Waals surface area contributed by atoms with Crippen LogP contribution in [0.3, 0.4) is 0 Å². The third-order valence-corrected chi connectivity index (χ3v) is 4.55. The maximum absolute atomic E-state index is 12.7. The van der Waals surface area contributed by atoms with Crippen LogP contribution in [0.15, 0.2) is 49.2 Å². The minimum atomic E-state index is -0.467. The lowest BCUT2D eigenvalue weighted by Gasteiger charge is -2.18. The van der Waals surface area contributed by atoms with Crippen molar-refractivity contribution in [3.05, 3.63) is 64.9 Å².